The number of benzene rings is 3. The van der Waals surface area contributed by atoms with Crippen LogP contribution in [0.2, 0.25) is 0 Å². The quantitative estimate of drug-likeness (QED) is 0.185. The number of rotatable bonds is 8. The second-order valence-corrected chi connectivity index (χ2v) is 12.1. The molecule has 0 spiro atoms. The molecule has 2 saturated heterocycles. The predicted octanol–water partition coefficient (Wildman–Crippen LogP) is 7.42. The molecule has 1 saturated carbocycles. The molecule has 0 N–H and O–H groups in total. The van der Waals surface area contributed by atoms with Crippen molar-refractivity contribution in [3.05, 3.63) is 77.4 Å². The van der Waals surface area contributed by atoms with Crippen LogP contribution in [-0.4, -0.2) is 45.7 Å². The molecule has 2 aromatic heterocycles. The zero-order valence-electron chi connectivity index (χ0n) is 24.8. The summed E-state index contributed by atoms with van der Waals surface area (Å²) in [5.41, 5.74) is 5.73. The lowest BCUT2D eigenvalue weighted by atomic mass is 9.89. The van der Waals surface area contributed by atoms with Gasteiger partial charge >= 0.3 is 6.01 Å². The normalized spacial score (nSPS) is 20.4. The number of fused-ring (bicyclic) bond motifs is 2. The van der Waals surface area contributed by atoms with E-state index in [4.69, 9.17) is 29.0 Å². The Bertz CT molecular complexity index is 1830. The van der Waals surface area contributed by atoms with Crippen molar-refractivity contribution >= 4 is 21.8 Å². The summed E-state index contributed by atoms with van der Waals surface area (Å²) in [6, 6.07) is 14.1. The van der Waals surface area contributed by atoms with E-state index in [2.05, 4.69) is 11.1 Å². The molecule has 0 amide bonds. The minimum absolute atomic E-state index is 0.0933. The van der Waals surface area contributed by atoms with Crippen molar-refractivity contribution in [1.82, 2.24) is 19.7 Å². The maximum atomic E-state index is 16.0. The Morgan fingerprint density at radius 1 is 1.00 bits per heavy atom. The number of aromatic nitrogens is 4. The van der Waals surface area contributed by atoms with Crippen LogP contribution in [0, 0.1) is 12.7 Å². The standard InChI is InChI=1S/C35H35FN4O4/c1-21-28(36)16-29-27(18-38-40(29)30-9-5-6-13-42-30)31(21)32-26(23-10-11-23)15-24-17-37-35(44-25-12-14-41-20-25)39-33(24)34(32)43-19-22-7-3-2-4-8-22/h2-4,7-8,15-18,23,25,30H,5-6,9-14,19-20H2,1H3/t25-,30?/m0/s1. The molecule has 1 aliphatic carbocycles. The molecule has 8 rings (SSSR count). The number of nitrogens with zero attached hydrogens (tertiary/aromatic N) is 4. The maximum absolute atomic E-state index is 16.0. The molecule has 2 aliphatic heterocycles. The van der Waals surface area contributed by atoms with Crippen LogP contribution >= 0.6 is 0 Å². The highest BCUT2D eigenvalue weighted by Gasteiger charge is 2.33. The highest BCUT2D eigenvalue weighted by Crippen LogP contribution is 2.52. The first kappa shape index (κ1) is 27.5. The van der Waals surface area contributed by atoms with Gasteiger partial charge in [-0.2, -0.15) is 10.1 Å². The summed E-state index contributed by atoms with van der Waals surface area (Å²) < 4.78 is 42.3. The van der Waals surface area contributed by atoms with Gasteiger partial charge in [0.05, 0.1) is 24.9 Å². The first-order valence-electron chi connectivity index (χ1n) is 15.7. The van der Waals surface area contributed by atoms with E-state index in [0.29, 0.717) is 49.2 Å². The van der Waals surface area contributed by atoms with Crippen molar-refractivity contribution in [1.29, 1.82) is 0 Å². The van der Waals surface area contributed by atoms with Crippen molar-refractivity contribution in [2.75, 3.05) is 19.8 Å². The van der Waals surface area contributed by atoms with Crippen LogP contribution in [0.4, 0.5) is 4.39 Å². The van der Waals surface area contributed by atoms with E-state index in [1.54, 1.807) is 6.07 Å². The van der Waals surface area contributed by atoms with Gasteiger partial charge in [-0.15, -0.1) is 0 Å². The number of halogens is 1. The first-order valence-corrected chi connectivity index (χ1v) is 15.7. The average Bonchev–Trinajstić information content (AvgIpc) is 3.62. The third kappa shape index (κ3) is 5.08. The van der Waals surface area contributed by atoms with Crippen molar-refractivity contribution < 1.29 is 23.3 Å². The second-order valence-electron chi connectivity index (χ2n) is 12.1. The predicted molar refractivity (Wildman–Crippen MR) is 164 cm³/mol. The molecule has 5 aromatic rings. The molecule has 1 unspecified atom stereocenters. The number of hydrogen-bond donors (Lipinski definition) is 0. The minimum Gasteiger partial charge on any atom is -0.486 e. The average molecular weight is 595 g/mol. The Morgan fingerprint density at radius 3 is 2.66 bits per heavy atom. The van der Waals surface area contributed by atoms with Crippen LogP contribution < -0.4 is 9.47 Å². The van der Waals surface area contributed by atoms with E-state index >= 15 is 4.39 Å². The molecule has 226 valence electrons. The summed E-state index contributed by atoms with van der Waals surface area (Å²) in [7, 11) is 0. The summed E-state index contributed by atoms with van der Waals surface area (Å²) in [5.74, 6) is 0.670. The summed E-state index contributed by atoms with van der Waals surface area (Å²) in [6.45, 7) is 4.03. The fourth-order valence-corrected chi connectivity index (χ4v) is 6.53. The zero-order valence-corrected chi connectivity index (χ0v) is 24.8. The van der Waals surface area contributed by atoms with Crippen molar-refractivity contribution in [2.24, 2.45) is 0 Å². The monoisotopic (exact) mass is 594 g/mol. The lowest BCUT2D eigenvalue weighted by molar-refractivity contribution is -0.0366. The van der Waals surface area contributed by atoms with Crippen LogP contribution in [0.1, 0.15) is 67.4 Å². The first-order chi connectivity index (χ1) is 21.6. The van der Waals surface area contributed by atoms with Crippen LogP contribution in [-0.2, 0) is 16.1 Å². The third-order valence-corrected chi connectivity index (χ3v) is 9.02. The molecule has 0 bridgehead atoms. The summed E-state index contributed by atoms with van der Waals surface area (Å²) in [4.78, 5) is 9.48. The molecule has 9 heteroatoms. The van der Waals surface area contributed by atoms with Gasteiger partial charge in [-0.3, -0.25) is 0 Å². The van der Waals surface area contributed by atoms with Crippen molar-refractivity contribution in [2.45, 2.75) is 70.3 Å². The molecular formula is C35H35FN4O4. The highest BCUT2D eigenvalue weighted by atomic mass is 19.1. The van der Waals surface area contributed by atoms with Gasteiger partial charge in [-0.05, 0) is 67.7 Å². The van der Waals surface area contributed by atoms with Gasteiger partial charge in [0.25, 0.3) is 0 Å². The zero-order chi connectivity index (χ0) is 29.6. The molecule has 3 fully saturated rings. The van der Waals surface area contributed by atoms with E-state index in [9.17, 15) is 0 Å². The van der Waals surface area contributed by atoms with Crippen LogP contribution in [0.25, 0.3) is 32.9 Å². The minimum atomic E-state index is -0.283. The summed E-state index contributed by atoms with van der Waals surface area (Å²) in [5, 5.41) is 6.50. The Kier molecular flexibility index (Phi) is 7.15. The van der Waals surface area contributed by atoms with Crippen molar-refractivity contribution in [3.63, 3.8) is 0 Å². The van der Waals surface area contributed by atoms with Gasteiger partial charge in [0.2, 0.25) is 0 Å². The smallest absolute Gasteiger partial charge is 0.317 e. The van der Waals surface area contributed by atoms with Gasteiger partial charge in [-0.1, -0.05) is 30.3 Å². The topological polar surface area (TPSA) is 80.5 Å². The third-order valence-electron chi connectivity index (χ3n) is 9.02. The van der Waals surface area contributed by atoms with Gasteiger partial charge in [0.1, 0.15) is 24.0 Å². The molecule has 4 heterocycles. The maximum Gasteiger partial charge on any atom is 0.317 e. The highest BCUT2D eigenvalue weighted by molar-refractivity contribution is 6.04. The Hall–Kier alpha value is -4.08. The van der Waals surface area contributed by atoms with Gasteiger partial charge in [0.15, 0.2) is 12.0 Å². The Morgan fingerprint density at radius 2 is 1.89 bits per heavy atom. The molecule has 0 radical (unpaired) electrons. The Labute approximate surface area is 255 Å². The largest absolute Gasteiger partial charge is 0.486 e. The van der Waals surface area contributed by atoms with Crippen molar-refractivity contribution in [3.8, 4) is 22.9 Å². The van der Waals surface area contributed by atoms with Gasteiger partial charge in [0, 0.05) is 47.2 Å². The van der Waals surface area contributed by atoms with E-state index in [0.717, 1.165) is 77.1 Å². The van der Waals surface area contributed by atoms with E-state index < -0.39 is 0 Å². The van der Waals surface area contributed by atoms with E-state index in [1.165, 1.54) is 0 Å². The van der Waals surface area contributed by atoms with Gasteiger partial charge < -0.3 is 18.9 Å². The number of ether oxygens (including phenoxy) is 4. The SMILES string of the molecule is Cc1c(F)cc2c(cnn2C2CCCCO2)c1-c1c(C2CC2)cc2cnc(O[C@H]3CCOC3)nc2c1OCc1ccccc1. The molecule has 3 aliphatic rings. The van der Waals surface area contributed by atoms with Crippen LogP contribution in [0.15, 0.2) is 54.9 Å². The summed E-state index contributed by atoms with van der Waals surface area (Å²) >= 11 is 0. The van der Waals surface area contributed by atoms with Crippen LogP contribution in [0.5, 0.6) is 11.8 Å². The lowest BCUT2D eigenvalue weighted by Gasteiger charge is -2.24. The number of hydrogen-bond acceptors (Lipinski definition) is 7. The fraction of sp³-hybridized carbons (Fsp3) is 0.400. The molecule has 2 atom stereocenters. The van der Waals surface area contributed by atoms with Crippen LogP contribution in [0.3, 0.4) is 0 Å². The van der Waals surface area contributed by atoms with E-state index in [-0.39, 0.29) is 24.2 Å². The molecule has 8 nitrogen and oxygen atoms in total. The second kappa shape index (κ2) is 11.4. The summed E-state index contributed by atoms with van der Waals surface area (Å²) in [6.07, 6.45) is 9.21. The lowest BCUT2D eigenvalue weighted by Crippen LogP contribution is -2.19. The fourth-order valence-electron chi connectivity index (χ4n) is 6.53. The molecule has 44 heavy (non-hydrogen) atoms. The molecule has 3 aromatic carbocycles. The Balaban J connectivity index is 1.35. The molecular weight excluding hydrogens is 559 g/mol. The van der Waals surface area contributed by atoms with E-state index in [1.807, 2.05) is 54.3 Å². The van der Waals surface area contributed by atoms with Gasteiger partial charge in [-0.25, -0.2) is 14.1 Å².